The predicted octanol–water partition coefficient (Wildman–Crippen LogP) is 12.4. The molecule has 0 nitrogen and oxygen atoms in total. The number of hydrogen-bond donors (Lipinski definition) is 0. The lowest BCUT2D eigenvalue weighted by Gasteiger charge is -2.06. The molecule has 0 bridgehead atoms. The van der Waals surface area contributed by atoms with Crippen molar-refractivity contribution in [3.8, 4) is 0 Å². The van der Waals surface area contributed by atoms with E-state index >= 15 is 0 Å². The number of allylic oxidation sites excluding steroid dienone is 12. The molecule has 35 heavy (non-hydrogen) atoms. The molecule has 0 radical (unpaired) electrons. The van der Waals surface area contributed by atoms with Crippen LogP contribution in [0.3, 0.4) is 0 Å². The van der Waals surface area contributed by atoms with E-state index in [9.17, 15) is 0 Å². The first kappa shape index (κ1) is 33.4. The zero-order chi connectivity index (χ0) is 26.5. The van der Waals surface area contributed by atoms with Crippen LogP contribution < -0.4 is 0 Å². The summed E-state index contributed by atoms with van der Waals surface area (Å²) in [6.45, 7) is 20.5. The smallest absolute Gasteiger partial charge is 0.0288 e. The van der Waals surface area contributed by atoms with Gasteiger partial charge >= 0.3 is 0 Å². The van der Waals surface area contributed by atoms with Gasteiger partial charge in [0.2, 0.25) is 0 Å². The lowest BCUT2D eigenvalue weighted by atomic mass is 10.0. The van der Waals surface area contributed by atoms with Crippen LogP contribution in [0.25, 0.3) is 0 Å². The Morgan fingerprint density at radius 1 is 0.457 bits per heavy atom. The quantitative estimate of drug-likeness (QED) is 0.161. The Morgan fingerprint density at radius 2 is 0.743 bits per heavy atom. The second-order valence-corrected chi connectivity index (χ2v) is 11.3. The summed E-state index contributed by atoms with van der Waals surface area (Å²) in [6, 6.07) is 0. The molecule has 0 heterocycles. The lowest BCUT2D eigenvalue weighted by molar-refractivity contribution is 0.521. The normalized spacial score (nSPS) is 14.9. The third kappa shape index (κ3) is 22.6. The molecule has 0 heteroatoms. The molecule has 0 spiro atoms. The fourth-order valence-corrected chi connectivity index (χ4v) is 4.10. The van der Waals surface area contributed by atoms with Gasteiger partial charge in [0.05, 0.1) is 0 Å². The van der Waals surface area contributed by atoms with Gasteiger partial charge in [-0.2, -0.15) is 0 Å². The number of rotatable bonds is 19. The predicted molar refractivity (Wildman–Crippen MR) is 163 cm³/mol. The summed E-state index contributed by atoms with van der Waals surface area (Å²) in [4.78, 5) is 0. The molecule has 0 aliphatic carbocycles. The van der Waals surface area contributed by atoms with E-state index in [1.807, 2.05) is 0 Å². The summed E-state index contributed by atoms with van der Waals surface area (Å²) in [5.41, 5.74) is 9.13. The fourth-order valence-electron chi connectivity index (χ4n) is 4.10. The van der Waals surface area contributed by atoms with Gasteiger partial charge in [0.25, 0.3) is 0 Å². The van der Waals surface area contributed by atoms with Crippen LogP contribution in [0.1, 0.15) is 146 Å². The molecule has 0 saturated carbocycles. The molecule has 0 aromatic carbocycles. The van der Waals surface area contributed by atoms with Gasteiger partial charge in [-0.3, -0.25) is 0 Å². The standard InChI is InChI=1S/C35H60/c1-10-30(4)18-12-20-32(6)22-14-24-34(8)26-16-28-35(9)27-15-25-33(7)23-13-21-31(5)19-11-17-29(2)3/h17,20-21,24-25,28,30H,10-16,18-19,22-23,26-27H2,1-9H3/b31-21+,32-20+,33-25+,34-24+,35-28+. The average molecular weight is 481 g/mol. The first-order valence-electron chi connectivity index (χ1n) is 14.6. The van der Waals surface area contributed by atoms with Crippen molar-refractivity contribution in [3.63, 3.8) is 0 Å². The van der Waals surface area contributed by atoms with Gasteiger partial charge in [0.1, 0.15) is 0 Å². The van der Waals surface area contributed by atoms with Gasteiger partial charge in [-0.15, -0.1) is 0 Å². The number of hydrogen-bond acceptors (Lipinski definition) is 0. The molecule has 0 aliphatic heterocycles. The van der Waals surface area contributed by atoms with E-state index in [-0.39, 0.29) is 0 Å². The first-order chi connectivity index (χ1) is 16.6. The average Bonchev–Trinajstić information content (AvgIpc) is 2.78. The fraction of sp³-hybridized carbons (Fsp3) is 0.657. The Kier molecular flexibility index (Phi) is 20.7. The van der Waals surface area contributed by atoms with E-state index in [0.717, 1.165) is 5.92 Å². The van der Waals surface area contributed by atoms with Crippen LogP contribution in [0.2, 0.25) is 0 Å². The lowest BCUT2D eigenvalue weighted by Crippen LogP contribution is -1.90. The highest BCUT2D eigenvalue weighted by atomic mass is 14.0. The summed E-state index contributed by atoms with van der Waals surface area (Å²) in [6.07, 6.45) is 30.4. The molecule has 0 amide bonds. The molecule has 0 aliphatic rings. The Labute approximate surface area is 221 Å². The molecule has 200 valence electrons. The maximum atomic E-state index is 2.46. The van der Waals surface area contributed by atoms with Gasteiger partial charge in [-0.1, -0.05) is 90.2 Å². The van der Waals surface area contributed by atoms with E-state index < -0.39 is 0 Å². The zero-order valence-electron chi connectivity index (χ0n) is 25.2. The Morgan fingerprint density at radius 3 is 1.03 bits per heavy atom. The van der Waals surface area contributed by atoms with Crippen molar-refractivity contribution in [2.75, 3.05) is 0 Å². The summed E-state index contributed by atoms with van der Waals surface area (Å²) in [5.74, 6) is 0.858. The highest BCUT2D eigenvalue weighted by Gasteiger charge is 1.98. The van der Waals surface area contributed by atoms with Crippen LogP contribution in [0.4, 0.5) is 0 Å². The third-order valence-corrected chi connectivity index (χ3v) is 7.07. The minimum Gasteiger partial charge on any atom is -0.0856 e. The molecule has 0 rings (SSSR count). The van der Waals surface area contributed by atoms with Crippen molar-refractivity contribution in [2.24, 2.45) is 5.92 Å². The van der Waals surface area contributed by atoms with Gasteiger partial charge < -0.3 is 0 Å². The monoisotopic (exact) mass is 480 g/mol. The highest BCUT2D eigenvalue weighted by molar-refractivity contribution is 5.08. The summed E-state index contributed by atoms with van der Waals surface area (Å²) in [5, 5.41) is 0. The maximum absolute atomic E-state index is 2.46. The Bertz CT molecular complexity index is 728. The van der Waals surface area contributed by atoms with Gasteiger partial charge in [-0.05, 0) is 131 Å². The molecule has 0 saturated heterocycles. The topological polar surface area (TPSA) is 0 Å². The van der Waals surface area contributed by atoms with Crippen molar-refractivity contribution in [1.29, 1.82) is 0 Å². The van der Waals surface area contributed by atoms with Crippen molar-refractivity contribution in [3.05, 3.63) is 69.9 Å². The SMILES string of the molecule is CCC(C)CC/C=C(\C)CC/C=C(\C)CC/C=C(\C)CC/C=C(\C)CC/C=C(\C)CCC=C(C)C. The molecule has 0 aromatic rings. The molecular weight excluding hydrogens is 420 g/mol. The maximum Gasteiger partial charge on any atom is -0.0288 e. The van der Waals surface area contributed by atoms with Crippen LogP contribution in [-0.4, -0.2) is 0 Å². The van der Waals surface area contributed by atoms with Gasteiger partial charge in [-0.25, -0.2) is 0 Å². The highest BCUT2D eigenvalue weighted by Crippen LogP contribution is 2.16. The van der Waals surface area contributed by atoms with Crippen molar-refractivity contribution < 1.29 is 0 Å². The van der Waals surface area contributed by atoms with Crippen LogP contribution in [0, 0.1) is 5.92 Å². The van der Waals surface area contributed by atoms with Crippen molar-refractivity contribution in [1.82, 2.24) is 0 Å². The van der Waals surface area contributed by atoms with E-state index in [2.05, 4.69) is 98.8 Å². The van der Waals surface area contributed by atoms with E-state index in [4.69, 9.17) is 0 Å². The van der Waals surface area contributed by atoms with Gasteiger partial charge in [0.15, 0.2) is 0 Å². The van der Waals surface area contributed by atoms with Crippen LogP contribution in [0.5, 0.6) is 0 Å². The van der Waals surface area contributed by atoms with Crippen molar-refractivity contribution >= 4 is 0 Å². The van der Waals surface area contributed by atoms with Crippen LogP contribution in [0.15, 0.2) is 69.9 Å². The molecule has 1 atom stereocenters. The van der Waals surface area contributed by atoms with E-state index in [0.29, 0.717) is 0 Å². The van der Waals surface area contributed by atoms with E-state index in [1.54, 1.807) is 11.1 Å². The largest absolute Gasteiger partial charge is 0.0856 e. The second-order valence-electron chi connectivity index (χ2n) is 11.3. The van der Waals surface area contributed by atoms with Crippen LogP contribution >= 0.6 is 0 Å². The van der Waals surface area contributed by atoms with Crippen LogP contribution in [-0.2, 0) is 0 Å². The Hall–Kier alpha value is -1.56. The molecule has 0 aromatic heterocycles. The summed E-state index contributed by atoms with van der Waals surface area (Å²) in [7, 11) is 0. The Balaban J connectivity index is 4.11. The third-order valence-electron chi connectivity index (χ3n) is 7.07. The summed E-state index contributed by atoms with van der Waals surface area (Å²) < 4.78 is 0. The first-order valence-corrected chi connectivity index (χ1v) is 14.6. The van der Waals surface area contributed by atoms with Crippen molar-refractivity contribution in [2.45, 2.75) is 146 Å². The minimum atomic E-state index is 0.858. The zero-order valence-corrected chi connectivity index (χ0v) is 25.2. The van der Waals surface area contributed by atoms with Gasteiger partial charge in [0, 0.05) is 0 Å². The summed E-state index contributed by atoms with van der Waals surface area (Å²) >= 11 is 0. The molecule has 1 unspecified atom stereocenters. The van der Waals surface area contributed by atoms with E-state index in [1.165, 1.54) is 106 Å². The minimum absolute atomic E-state index is 0.858. The second kappa shape index (κ2) is 21.7. The molecule has 0 N–H and O–H groups in total. The molecular formula is C35H60. The molecule has 0 fully saturated rings.